The van der Waals surface area contributed by atoms with Crippen LogP contribution in [-0.4, -0.2) is 56.0 Å². The molecule has 0 bridgehead atoms. The molecule has 0 aliphatic carbocycles. The van der Waals surface area contributed by atoms with E-state index in [0.717, 1.165) is 34.6 Å². The zero-order valence-corrected chi connectivity index (χ0v) is 18.7. The van der Waals surface area contributed by atoms with Gasteiger partial charge in [-0.15, -0.1) is 11.3 Å². The van der Waals surface area contributed by atoms with Crippen LogP contribution in [0.4, 0.5) is 5.69 Å². The zero-order valence-electron chi connectivity index (χ0n) is 17.8. The second-order valence-electron chi connectivity index (χ2n) is 7.59. The van der Waals surface area contributed by atoms with Crippen LogP contribution < -0.4 is 15.0 Å². The van der Waals surface area contributed by atoms with Gasteiger partial charge in [-0.25, -0.2) is 0 Å². The third kappa shape index (κ3) is 4.51. The number of carbonyl (C=O) groups is 2. The summed E-state index contributed by atoms with van der Waals surface area (Å²) in [6, 6.07) is 15.3. The Kier molecular flexibility index (Phi) is 6.42. The fourth-order valence-electron chi connectivity index (χ4n) is 3.93. The number of amides is 2. The largest absolute Gasteiger partial charge is 0.497 e. The summed E-state index contributed by atoms with van der Waals surface area (Å²) in [4.78, 5) is 30.1. The highest BCUT2D eigenvalue weighted by Gasteiger charge is 2.28. The van der Waals surface area contributed by atoms with Gasteiger partial charge in [0.25, 0.3) is 5.91 Å². The number of thiophene rings is 1. The summed E-state index contributed by atoms with van der Waals surface area (Å²) in [7, 11) is 1.66. The third-order valence-electron chi connectivity index (χ3n) is 5.77. The quantitative estimate of drug-likeness (QED) is 0.638. The first-order valence-electron chi connectivity index (χ1n) is 10.6. The Bertz CT molecular complexity index is 1060. The van der Waals surface area contributed by atoms with Crippen molar-refractivity contribution in [1.29, 1.82) is 0 Å². The van der Waals surface area contributed by atoms with Gasteiger partial charge in [-0.2, -0.15) is 0 Å². The van der Waals surface area contributed by atoms with E-state index in [1.54, 1.807) is 18.4 Å². The van der Waals surface area contributed by atoms with Gasteiger partial charge in [0.05, 0.1) is 12.7 Å². The molecular weight excluding hydrogens is 410 g/mol. The standard InChI is InChI=1S/C24H27N3O3S/c1-3-21(25-23(28)20-16-31-22-7-5-4-6-19(20)22)24(29)27-14-12-26(13-15-27)17-8-10-18(30-2)11-9-17/h4-11,16,21H,3,12-15H2,1-2H3,(H,25,28). The molecule has 1 unspecified atom stereocenters. The molecule has 1 fully saturated rings. The smallest absolute Gasteiger partial charge is 0.253 e. The number of piperazine rings is 1. The predicted octanol–water partition coefficient (Wildman–Crippen LogP) is 3.77. The summed E-state index contributed by atoms with van der Waals surface area (Å²) in [6.07, 6.45) is 0.561. The van der Waals surface area contributed by atoms with Crippen molar-refractivity contribution < 1.29 is 14.3 Å². The van der Waals surface area contributed by atoms with Crippen LogP contribution in [0, 0.1) is 0 Å². The number of fused-ring (bicyclic) bond motifs is 1. The van der Waals surface area contributed by atoms with Crippen LogP contribution >= 0.6 is 11.3 Å². The van der Waals surface area contributed by atoms with Gasteiger partial charge >= 0.3 is 0 Å². The average molecular weight is 438 g/mol. The van der Waals surface area contributed by atoms with Crippen molar-refractivity contribution in [2.45, 2.75) is 19.4 Å². The minimum atomic E-state index is -0.515. The van der Waals surface area contributed by atoms with Crippen molar-refractivity contribution in [3.8, 4) is 5.75 Å². The molecule has 6 nitrogen and oxygen atoms in total. The van der Waals surface area contributed by atoms with E-state index >= 15 is 0 Å². The normalized spacial score (nSPS) is 15.0. The highest BCUT2D eigenvalue weighted by Crippen LogP contribution is 2.26. The Morgan fingerprint density at radius 1 is 1.06 bits per heavy atom. The van der Waals surface area contributed by atoms with Crippen molar-refractivity contribution in [2.75, 3.05) is 38.2 Å². The Morgan fingerprint density at radius 3 is 2.45 bits per heavy atom. The molecule has 7 heteroatoms. The lowest BCUT2D eigenvalue weighted by Crippen LogP contribution is -2.54. The Hall–Kier alpha value is -3.06. The molecule has 3 aromatic rings. The maximum Gasteiger partial charge on any atom is 0.253 e. The van der Waals surface area contributed by atoms with E-state index < -0.39 is 6.04 Å². The minimum absolute atomic E-state index is 0.00948. The molecule has 2 aromatic carbocycles. The van der Waals surface area contributed by atoms with Gasteiger partial charge in [0.15, 0.2) is 0 Å². The molecule has 1 aliphatic rings. The molecule has 1 N–H and O–H groups in total. The van der Waals surface area contributed by atoms with Crippen molar-refractivity contribution in [3.63, 3.8) is 0 Å². The van der Waals surface area contributed by atoms with E-state index in [0.29, 0.717) is 25.1 Å². The van der Waals surface area contributed by atoms with Crippen LogP contribution in [0.25, 0.3) is 10.1 Å². The Morgan fingerprint density at radius 2 is 1.77 bits per heavy atom. The summed E-state index contributed by atoms with van der Waals surface area (Å²) in [5.41, 5.74) is 1.76. The number of benzene rings is 2. The van der Waals surface area contributed by atoms with E-state index in [2.05, 4.69) is 10.2 Å². The summed E-state index contributed by atoms with van der Waals surface area (Å²) in [5, 5.41) is 5.76. The van der Waals surface area contributed by atoms with E-state index in [4.69, 9.17) is 4.74 Å². The van der Waals surface area contributed by atoms with Crippen LogP contribution in [0.3, 0.4) is 0 Å². The summed E-state index contributed by atoms with van der Waals surface area (Å²) < 4.78 is 6.29. The zero-order chi connectivity index (χ0) is 21.8. The molecule has 1 aliphatic heterocycles. The number of rotatable bonds is 6. The van der Waals surface area contributed by atoms with E-state index in [1.165, 1.54) is 0 Å². The molecule has 1 aromatic heterocycles. The molecule has 2 amide bonds. The van der Waals surface area contributed by atoms with Crippen LogP contribution in [0.5, 0.6) is 5.75 Å². The number of nitrogens with one attached hydrogen (secondary N) is 1. The maximum absolute atomic E-state index is 13.1. The van der Waals surface area contributed by atoms with E-state index in [1.807, 2.05) is 65.7 Å². The van der Waals surface area contributed by atoms with Crippen LogP contribution in [0.2, 0.25) is 0 Å². The molecule has 4 rings (SSSR count). The number of carbonyl (C=O) groups excluding carboxylic acids is 2. The number of anilines is 1. The molecule has 1 atom stereocenters. The lowest BCUT2D eigenvalue weighted by molar-refractivity contribution is -0.133. The first kappa shape index (κ1) is 21.2. The summed E-state index contributed by atoms with van der Waals surface area (Å²) in [6.45, 7) is 4.73. The number of hydrogen-bond donors (Lipinski definition) is 1. The molecule has 0 radical (unpaired) electrons. The first-order valence-corrected chi connectivity index (χ1v) is 11.4. The monoisotopic (exact) mass is 437 g/mol. The Balaban J connectivity index is 1.37. The lowest BCUT2D eigenvalue weighted by atomic mass is 10.1. The SMILES string of the molecule is CCC(NC(=O)c1csc2ccccc12)C(=O)N1CCN(c2ccc(OC)cc2)CC1. The highest BCUT2D eigenvalue weighted by atomic mass is 32.1. The van der Waals surface area contributed by atoms with Gasteiger partial charge in [0.2, 0.25) is 5.91 Å². The molecule has 2 heterocycles. The van der Waals surface area contributed by atoms with Gasteiger partial charge in [-0.1, -0.05) is 25.1 Å². The second kappa shape index (κ2) is 9.39. The third-order valence-corrected chi connectivity index (χ3v) is 6.73. The first-order chi connectivity index (χ1) is 15.1. The van der Waals surface area contributed by atoms with E-state index in [-0.39, 0.29) is 11.8 Å². The molecule has 0 spiro atoms. The molecular formula is C24H27N3O3S. The lowest BCUT2D eigenvalue weighted by Gasteiger charge is -2.37. The van der Waals surface area contributed by atoms with Gasteiger partial charge < -0.3 is 19.9 Å². The number of nitrogens with zero attached hydrogens (tertiary/aromatic N) is 2. The van der Waals surface area contributed by atoms with Crippen molar-refractivity contribution in [2.24, 2.45) is 0 Å². The van der Waals surface area contributed by atoms with Crippen LogP contribution in [0.1, 0.15) is 23.7 Å². The van der Waals surface area contributed by atoms with Gasteiger partial charge in [-0.3, -0.25) is 9.59 Å². The Labute approximate surface area is 186 Å². The number of hydrogen-bond acceptors (Lipinski definition) is 5. The van der Waals surface area contributed by atoms with Gasteiger partial charge in [-0.05, 0) is 36.8 Å². The topological polar surface area (TPSA) is 61.9 Å². The van der Waals surface area contributed by atoms with Gasteiger partial charge in [0, 0.05) is 47.3 Å². The van der Waals surface area contributed by atoms with Crippen LogP contribution in [0.15, 0.2) is 53.9 Å². The number of ether oxygens (including phenoxy) is 1. The minimum Gasteiger partial charge on any atom is -0.497 e. The van der Waals surface area contributed by atoms with Gasteiger partial charge in [0.1, 0.15) is 11.8 Å². The van der Waals surface area contributed by atoms with E-state index in [9.17, 15) is 9.59 Å². The summed E-state index contributed by atoms with van der Waals surface area (Å²) >= 11 is 1.54. The fraction of sp³-hybridized carbons (Fsp3) is 0.333. The molecule has 0 saturated carbocycles. The average Bonchev–Trinajstić information content (AvgIpc) is 3.26. The maximum atomic E-state index is 13.1. The number of methoxy groups -OCH3 is 1. The van der Waals surface area contributed by atoms with Crippen molar-refractivity contribution in [1.82, 2.24) is 10.2 Å². The highest BCUT2D eigenvalue weighted by molar-refractivity contribution is 7.17. The predicted molar refractivity (Wildman–Crippen MR) is 125 cm³/mol. The van der Waals surface area contributed by atoms with Crippen molar-refractivity contribution >= 4 is 38.9 Å². The molecule has 1 saturated heterocycles. The molecule has 162 valence electrons. The second-order valence-corrected chi connectivity index (χ2v) is 8.50. The summed E-state index contributed by atoms with van der Waals surface area (Å²) in [5.74, 6) is 0.636. The van der Waals surface area contributed by atoms with Crippen molar-refractivity contribution in [3.05, 3.63) is 59.5 Å². The molecule has 31 heavy (non-hydrogen) atoms. The van der Waals surface area contributed by atoms with Crippen LogP contribution in [-0.2, 0) is 4.79 Å². The fourth-order valence-corrected chi connectivity index (χ4v) is 4.87.